The summed E-state index contributed by atoms with van der Waals surface area (Å²) < 4.78 is 0. The minimum atomic E-state index is 0.0551. The molecule has 4 nitrogen and oxygen atoms in total. The summed E-state index contributed by atoms with van der Waals surface area (Å²) >= 11 is 6.09. The van der Waals surface area contributed by atoms with Crippen molar-refractivity contribution < 1.29 is 4.79 Å². The fourth-order valence-corrected chi connectivity index (χ4v) is 2.88. The van der Waals surface area contributed by atoms with Crippen LogP contribution >= 0.6 is 11.6 Å². The molecule has 5 heteroatoms. The molecule has 0 spiro atoms. The summed E-state index contributed by atoms with van der Waals surface area (Å²) in [4.78, 5) is 19.7. The first-order chi connectivity index (χ1) is 11.7. The molecule has 1 aromatic heterocycles. The molecule has 0 bridgehead atoms. The summed E-state index contributed by atoms with van der Waals surface area (Å²) in [6, 6.07) is 15.6. The van der Waals surface area contributed by atoms with Gasteiger partial charge in [-0.05, 0) is 36.6 Å². The van der Waals surface area contributed by atoms with E-state index in [1.54, 1.807) is 0 Å². The van der Waals surface area contributed by atoms with Crippen molar-refractivity contribution in [2.45, 2.75) is 25.7 Å². The largest absolute Gasteiger partial charge is 0.356 e. The lowest BCUT2D eigenvalue weighted by atomic mass is 10.1. The lowest BCUT2D eigenvalue weighted by molar-refractivity contribution is -0.121. The van der Waals surface area contributed by atoms with Gasteiger partial charge in [0.2, 0.25) is 5.91 Å². The van der Waals surface area contributed by atoms with Gasteiger partial charge in [0.25, 0.3) is 0 Å². The number of nitrogens with zero attached hydrogens (tertiary/aromatic N) is 1. The van der Waals surface area contributed by atoms with Crippen LogP contribution in [0.2, 0.25) is 5.02 Å². The van der Waals surface area contributed by atoms with Gasteiger partial charge in [0.05, 0.1) is 11.0 Å². The Bertz CT molecular complexity index is 795. The Labute approximate surface area is 146 Å². The number of para-hydroxylation sites is 2. The molecule has 0 radical (unpaired) electrons. The molecule has 1 amide bonds. The Morgan fingerprint density at radius 3 is 2.71 bits per heavy atom. The van der Waals surface area contributed by atoms with Gasteiger partial charge in [0, 0.05) is 24.4 Å². The average molecular weight is 342 g/mol. The molecule has 2 N–H and O–H groups in total. The first-order valence-corrected chi connectivity index (χ1v) is 8.54. The van der Waals surface area contributed by atoms with Gasteiger partial charge >= 0.3 is 0 Å². The van der Waals surface area contributed by atoms with Crippen LogP contribution in [0.4, 0.5) is 0 Å². The predicted octanol–water partition coefficient (Wildman–Crippen LogP) is 3.90. The second-order valence-corrected chi connectivity index (χ2v) is 6.15. The molecule has 1 heterocycles. The minimum Gasteiger partial charge on any atom is -0.356 e. The topological polar surface area (TPSA) is 57.8 Å². The highest BCUT2D eigenvalue weighted by Crippen LogP contribution is 2.16. The Hall–Kier alpha value is -2.33. The van der Waals surface area contributed by atoms with Crippen LogP contribution in [0.25, 0.3) is 11.0 Å². The molecule has 2 aromatic carbocycles. The van der Waals surface area contributed by atoms with Crippen molar-refractivity contribution in [2.75, 3.05) is 6.54 Å². The Kier molecular flexibility index (Phi) is 5.49. The van der Waals surface area contributed by atoms with E-state index < -0.39 is 0 Å². The minimum absolute atomic E-state index is 0.0551. The number of amides is 1. The quantitative estimate of drug-likeness (QED) is 0.640. The van der Waals surface area contributed by atoms with Crippen LogP contribution in [0.3, 0.4) is 0 Å². The maximum atomic E-state index is 11.9. The smallest absolute Gasteiger partial charge is 0.220 e. The third-order valence-corrected chi connectivity index (χ3v) is 4.30. The lowest BCUT2D eigenvalue weighted by Crippen LogP contribution is -2.25. The molecular formula is C19H20ClN3O. The van der Waals surface area contributed by atoms with Gasteiger partial charge in [-0.1, -0.05) is 41.9 Å². The van der Waals surface area contributed by atoms with Gasteiger partial charge in [-0.25, -0.2) is 4.98 Å². The number of aromatic amines is 1. The van der Waals surface area contributed by atoms with Crippen LogP contribution < -0.4 is 5.32 Å². The summed E-state index contributed by atoms with van der Waals surface area (Å²) in [5, 5.41) is 3.67. The van der Waals surface area contributed by atoms with Crippen LogP contribution in [0, 0.1) is 0 Å². The van der Waals surface area contributed by atoms with Crippen LogP contribution in [-0.2, 0) is 17.6 Å². The average Bonchev–Trinajstić information content (AvgIpc) is 3.01. The first-order valence-electron chi connectivity index (χ1n) is 8.16. The second kappa shape index (κ2) is 7.97. The number of halogens is 1. The lowest BCUT2D eigenvalue weighted by Gasteiger charge is -2.06. The number of carbonyl (C=O) groups excluding carboxylic acids is 1. The summed E-state index contributed by atoms with van der Waals surface area (Å²) in [6.45, 7) is 0.651. The van der Waals surface area contributed by atoms with E-state index in [-0.39, 0.29) is 5.91 Å². The van der Waals surface area contributed by atoms with Gasteiger partial charge in [-0.15, -0.1) is 0 Å². The second-order valence-electron chi connectivity index (χ2n) is 5.75. The van der Waals surface area contributed by atoms with Crippen LogP contribution in [0.1, 0.15) is 24.2 Å². The van der Waals surface area contributed by atoms with Gasteiger partial charge in [0.1, 0.15) is 5.82 Å². The molecule has 124 valence electrons. The molecule has 0 saturated carbocycles. The van der Waals surface area contributed by atoms with Gasteiger partial charge in [0.15, 0.2) is 0 Å². The number of aromatic nitrogens is 2. The Morgan fingerprint density at radius 2 is 1.88 bits per heavy atom. The van der Waals surface area contributed by atoms with Crippen molar-refractivity contribution >= 4 is 28.5 Å². The first kappa shape index (κ1) is 16.5. The van der Waals surface area contributed by atoms with Crippen molar-refractivity contribution in [3.63, 3.8) is 0 Å². The predicted molar refractivity (Wildman–Crippen MR) is 97.2 cm³/mol. The number of hydrogen-bond acceptors (Lipinski definition) is 2. The number of imidazole rings is 1. The van der Waals surface area contributed by atoms with E-state index in [2.05, 4.69) is 15.3 Å². The molecule has 3 aromatic rings. The molecule has 0 atom stereocenters. The molecule has 0 unspecified atom stereocenters. The number of benzene rings is 2. The Morgan fingerprint density at radius 1 is 1.08 bits per heavy atom. The number of hydrogen-bond donors (Lipinski definition) is 2. The summed E-state index contributed by atoms with van der Waals surface area (Å²) in [5.74, 6) is 1.01. The Balaban J connectivity index is 1.38. The zero-order chi connectivity index (χ0) is 16.8. The molecule has 24 heavy (non-hydrogen) atoms. The van der Waals surface area contributed by atoms with Crippen molar-refractivity contribution in [3.05, 3.63) is 64.9 Å². The number of nitrogens with one attached hydrogen (secondary N) is 2. The highest BCUT2D eigenvalue weighted by atomic mass is 35.5. The van der Waals surface area contributed by atoms with Gasteiger partial charge in [-0.2, -0.15) is 0 Å². The van der Waals surface area contributed by atoms with Crippen molar-refractivity contribution in [3.8, 4) is 0 Å². The van der Waals surface area contributed by atoms with E-state index in [0.29, 0.717) is 19.4 Å². The maximum Gasteiger partial charge on any atom is 0.220 e. The van der Waals surface area contributed by atoms with Gasteiger partial charge in [-0.3, -0.25) is 4.79 Å². The number of H-pyrrole nitrogens is 1. The SMILES string of the molecule is O=C(CCc1ccccc1Cl)NCCCc1nc2ccccc2[nH]1. The third-order valence-electron chi connectivity index (χ3n) is 3.93. The van der Waals surface area contributed by atoms with E-state index in [1.807, 2.05) is 48.5 Å². The molecule has 0 aliphatic carbocycles. The molecule has 3 rings (SSSR count). The number of fused-ring (bicyclic) bond motifs is 1. The fraction of sp³-hybridized carbons (Fsp3) is 0.263. The van der Waals surface area contributed by atoms with E-state index in [4.69, 9.17) is 11.6 Å². The summed E-state index contributed by atoms with van der Waals surface area (Å²) in [7, 11) is 0. The van der Waals surface area contributed by atoms with Crippen LogP contribution in [0.5, 0.6) is 0 Å². The molecule has 0 aliphatic rings. The number of carbonyl (C=O) groups is 1. The van der Waals surface area contributed by atoms with E-state index in [1.165, 1.54) is 0 Å². The zero-order valence-electron chi connectivity index (χ0n) is 13.4. The highest BCUT2D eigenvalue weighted by molar-refractivity contribution is 6.31. The van der Waals surface area contributed by atoms with Crippen molar-refractivity contribution in [2.24, 2.45) is 0 Å². The fourth-order valence-electron chi connectivity index (χ4n) is 2.65. The standard InChI is InChI=1S/C19H20ClN3O/c20-15-7-2-1-6-14(15)11-12-19(24)21-13-5-10-18-22-16-8-3-4-9-17(16)23-18/h1-4,6-9H,5,10-13H2,(H,21,24)(H,22,23). The number of aryl methyl sites for hydroxylation is 2. The van der Waals surface area contributed by atoms with Crippen LogP contribution in [0.15, 0.2) is 48.5 Å². The normalized spacial score (nSPS) is 10.9. The van der Waals surface area contributed by atoms with E-state index in [9.17, 15) is 4.79 Å². The molecular weight excluding hydrogens is 322 g/mol. The summed E-state index contributed by atoms with van der Waals surface area (Å²) in [5.41, 5.74) is 3.05. The zero-order valence-corrected chi connectivity index (χ0v) is 14.1. The molecule has 0 fully saturated rings. The molecule has 0 aliphatic heterocycles. The van der Waals surface area contributed by atoms with Gasteiger partial charge < -0.3 is 10.3 Å². The third kappa shape index (κ3) is 4.36. The van der Waals surface area contributed by atoms with E-state index >= 15 is 0 Å². The monoisotopic (exact) mass is 341 g/mol. The molecule has 0 saturated heterocycles. The maximum absolute atomic E-state index is 11.9. The highest BCUT2D eigenvalue weighted by Gasteiger charge is 2.05. The van der Waals surface area contributed by atoms with Crippen LogP contribution in [-0.4, -0.2) is 22.4 Å². The van der Waals surface area contributed by atoms with Crippen molar-refractivity contribution in [1.29, 1.82) is 0 Å². The number of rotatable bonds is 7. The summed E-state index contributed by atoms with van der Waals surface area (Å²) in [6.07, 6.45) is 2.79. The van der Waals surface area contributed by atoms with E-state index in [0.717, 1.165) is 40.3 Å². The van der Waals surface area contributed by atoms with Crippen molar-refractivity contribution in [1.82, 2.24) is 15.3 Å².